The van der Waals surface area contributed by atoms with Crippen molar-refractivity contribution < 1.29 is 14.1 Å². The molecular formula is C25H22FN5O3S. The molecule has 10 heteroatoms. The zero-order chi connectivity index (χ0) is 24.9. The Labute approximate surface area is 205 Å². The van der Waals surface area contributed by atoms with E-state index in [0.29, 0.717) is 28.0 Å². The van der Waals surface area contributed by atoms with E-state index in [1.165, 1.54) is 48.2 Å². The average molecular weight is 492 g/mol. The van der Waals surface area contributed by atoms with Crippen molar-refractivity contribution in [1.82, 2.24) is 20.1 Å². The number of nitro benzene ring substituents is 1. The summed E-state index contributed by atoms with van der Waals surface area (Å²) >= 11 is 1.48. The number of carbonyl (C=O) groups excluding carboxylic acids is 1. The van der Waals surface area contributed by atoms with Crippen LogP contribution in [0.5, 0.6) is 0 Å². The zero-order valence-electron chi connectivity index (χ0n) is 19.0. The number of rotatable bonds is 8. The van der Waals surface area contributed by atoms with Crippen molar-refractivity contribution in [3.8, 4) is 5.69 Å². The van der Waals surface area contributed by atoms with Gasteiger partial charge in [-0.1, -0.05) is 36.0 Å². The number of hydrogen-bond acceptors (Lipinski definition) is 6. The van der Waals surface area contributed by atoms with Gasteiger partial charge in [0.25, 0.3) is 11.6 Å². The van der Waals surface area contributed by atoms with Crippen molar-refractivity contribution in [1.29, 1.82) is 0 Å². The van der Waals surface area contributed by atoms with Crippen molar-refractivity contribution in [3.63, 3.8) is 0 Å². The highest BCUT2D eigenvalue weighted by atomic mass is 32.2. The Bertz CT molecular complexity index is 1360. The molecule has 1 unspecified atom stereocenters. The third-order valence-electron chi connectivity index (χ3n) is 5.44. The van der Waals surface area contributed by atoms with Crippen molar-refractivity contribution in [2.24, 2.45) is 0 Å². The lowest BCUT2D eigenvalue weighted by Gasteiger charge is -2.16. The van der Waals surface area contributed by atoms with Crippen LogP contribution in [-0.2, 0) is 5.75 Å². The summed E-state index contributed by atoms with van der Waals surface area (Å²) in [5.41, 5.74) is 3.21. The number of hydrogen-bond donors (Lipinski definition) is 1. The van der Waals surface area contributed by atoms with Gasteiger partial charge in [-0.3, -0.25) is 19.5 Å². The van der Waals surface area contributed by atoms with E-state index in [1.54, 1.807) is 23.6 Å². The Balaban J connectivity index is 1.65. The van der Waals surface area contributed by atoms with Crippen molar-refractivity contribution >= 4 is 23.4 Å². The van der Waals surface area contributed by atoms with Crippen molar-refractivity contribution in [2.45, 2.75) is 30.8 Å². The molecule has 0 radical (unpaired) electrons. The molecule has 1 atom stereocenters. The van der Waals surface area contributed by atoms with Gasteiger partial charge >= 0.3 is 0 Å². The minimum absolute atomic E-state index is 0.0323. The van der Waals surface area contributed by atoms with Gasteiger partial charge in [-0.15, -0.1) is 10.2 Å². The predicted molar refractivity (Wildman–Crippen MR) is 131 cm³/mol. The highest BCUT2D eigenvalue weighted by Gasteiger charge is 2.22. The summed E-state index contributed by atoms with van der Waals surface area (Å²) in [5.74, 6) is 0.294. The first kappa shape index (κ1) is 24.1. The van der Waals surface area contributed by atoms with Crippen molar-refractivity contribution in [3.05, 3.63) is 111 Å². The molecule has 1 N–H and O–H groups in total. The standard InChI is InChI=1S/C25H22FN5O3S/c1-16-5-3-4-6-19(16)15-35-25-29-28-23(30(25)21-11-13-22(14-12-21)31(33)34)17(2)27-24(32)18-7-9-20(26)10-8-18/h3-14,17H,15H2,1-2H3,(H,27,32). The highest BCUT2D eigenvalue weighted by molar-refractivity contribution is 7.98. The molecule has 1 heterocycles. The van der Waals surface area contributed by atoms with Gasteiger partial charge in [-0.2, -0.15) is 0 Å². The SMILES string of the molecule is Cc1ccccc1CSc1nnc(C(C)NC(=O)c2ccc(F)cc2)n1-c1ccc([N+](=O)[O-])cc1. The number of amides is 1. The van der Waals surface area contributed by atoms with Crippen LogP contribution in [0, 0.1) is 22.9 Å². The first-order valence-electron chi connectivity index (χ1n) is 10.8. The van der Waals surface area contributed by atoms with Crippen LogP contribution in [-0.4, -0.2) is 25.6 Å². The average Bonchev–Trinajstić information content (AvgIpc) is 3.28. The van der Waals surface area contributed by atoms with Crippen LogP contribution in [0.4, 0.5) is 10.1 Å². The summed E-state index contributed by atoms with van der Waals surface area (Å²) in [6, 6.07) is 18.8. The normalized spacial score (nSPS) is 11.7. The van der Waals surface area contributed by atoms with E-state index in [-0.39, 0.29) is 11.6 Å². The van der Waals surface area contributed by atoms with Gasteiger partial charge in [0.2, 0.25) is 0 Å². The second-order valence-electron chi connectivity index (χ2n) is 7.87. The van der Waals surface area contributed by atoms with Gasteiger partial charge in [0.1, 0.15) is 5.82 Å². The quantitative estimate of drug-likeness (QED) is 0.201. The Morgan fingerprint density at radius 3 is 2.43 bits per heavy atom. The number of nitro groups is 1. The largest absolute Gasteiger partial charge is 0.342 e. The third-order valence-corrected chi connectivity index (χ3v) is 6.41. The zero-order valence-corrected chi connectivity index (χ0v) is 19.8. The molecule has 3 aromatic carbocycles. The maximum atomic E-state index is 13.2. The first-order chi connectivity index (χ1) is 16.8. The molecule has 0 spiro atoms. The Hall–Kier alpha value is -4.05. The number of halogens is 1. The topological polar surface area (TPSA) is 103 Å². The van der Waals surface area contributed by atoms with Crippen LogP contribution >= 0.6 is 11.8 Å². The summed E-state index contributed by atoms with van der Waals surface area (Å²) in [7, 11) is 0. The van der Waals surface area contributed by atoms with Gasteiger partial charge in [0.05, 0.1) is 11.0 Å². The van der Waals surface area contributed by atoms with Crippen LogP contribution < -0.4 is 5.32 Å². The second-order valence-corrected chi connectivity index (χ2v) is 8.81. The molecule has 178 valence electrons. The fraction of sp³-hybridized carbons (Fsp3) is 0.160. The summed E-state index contributed by atoms with van der Waals surface area (Å²) in [6.45, 7) is 3.80. The number of nitrogens with zero attached hydrogens (tertiary/aromatic N) is 4. The molecule has 1 amide bonds. The van der Waals surface area contributed by atoms with E-state index in [0.717, 1.165) is 11.1 Å². The lowest BCUT2D eigenvalue weighted by atomic mass is 10.1. The van der Waals surface area contributed by atoms with Gasteiger partial charge in [-0.25, -0.2) is 4.39 Å². The summed E-state index contributed by atoms with van der Waals surface area (Å²) in [5, 5.41) is 23.2. The molecule has 4 aromatic rings. The smallest absolute Gasteiger partial charge is 0.269 e. The van der Waals surface area contributed by atoms with E-state index < -0.39 is 16.8 Å². The molecule has 4 rings (SSSR count). The minimum Gasteiger partial charge on any atom is -0.342 e. The number of aryl methyl sites for hydroxylation is 1. The number of non-ortho nitro benzene ring substituents is 1. The minimum atomic E-state index is -0.553. The Kier molecular flexibility index (Phi) is 7.21. The van der Waals surface area contributed by atoms with Gasteiger partial charge in [0.15, 0.2) is 11.0 Å². The maximum absolute atomic E-state index is 13.2. The monoisotopic (exact) mass is 491 g/mol. The van der Waals surface area contributed by atoms with Crippen LogP contribution in [0.2, 0.25) is 0 Å². The summed E-state index contributed by atoms with van der Waals surface area (Å²) in [6.07, 6.45) is 0. The second kappa shape index (κ2) is 10.5. The molecule has 35 heavy (non-hydrogen) atoms. The van der Waals surface area contributed by atoms with E-state index in [4.69, 9.17) is 0 Å². The van der Waals surface area contributed by atoms with Crippen LogP contribution in [0.1, 0.15) is 40.3 Å². The molecular weight excluding hydrogens is 469 g/mol. The summed E-state index contributed by atoms with van der Waals surface area (Å²) in [4.78, 5) is 23.3. The van der Waals surface area contributed by atoms with Gasteiger partial charge in [-0.05, 0) is 61.4 Å². The predicted octanol–water partition coefficient (Wildman–Crippen LogP) is 5.41. The highest BCUT2D eigenvalue weighted by Crippen LogP contribution is 2.29. The number of carbonyl (C=O) groups is 1. The van der Waals surface area contributed by atoms with Gasteiger partial charge in [0, 0.05) is 29.1 Å². The molecule has 0 aliphatic carbocycles. The first-order valence-corrected chi connectivity index (χ1v) is 11.8. The fourth-order valence-electron chi connectivity index (χ4n) is 3.48. The molecule has 8 nitrogen and oxygen atoms in total. The number of thioether (sulfide) groups is 1. The Morgan fingerprint density at radius 1 is 1.09 bits per heavy atom. The van der Waals surface area contributed by atoms with E-state index in [9.17, 15) is 19.3 Å². The van der Waals surface area contributed by atoms with Crippen LogP contribution in [0.3, 0.4) is 0 Å². The molecule has 0 aliphatic heterocycles. The summed E-state index contributed by atoms with van der Waals surface area (Å²) < 4.78 is 15.0. The molecule has 0 saturated carbocycles. The third kappa shape index (κ3) is 5.55. The number of nitrogens with one attached hydrogen (secondary N) is 1. The van der Waals surface area contributed by atoms with Crippen molar-refractivity contribution in [2.75, 3.05) is 0 Å². The van der Waals surface area contributed by atoms with Crippen LogP contribution in [0.25, 0.3) is 5.69 Å². The van der Waals surface area contributed by atoms with E-state index in [1.807, 2.05) is 31.2 Å². The fourth-order valence-corrected chi connectivity index (χ4v) is 4.52. The lowest BCUT2D eigenvalue weighted by molar-refractivity contribution is -0.384. The van der Waals surface area contributed by atoms with Gasteiger partial charge < -0.3 is 5.32 Å². The Morgan fingerprint density at radius 2 is 1.77 bits per heavy atom. The molecule has 1 aromatic heterocycles. The molecule has 0 aliphatic rings. The number of aromatic nitrogens is 3. The molecule has 0 saturated heterocycles. The maximum Gasteiger partial charge on any atom is 0.269 e. The van der Waals surface area contributed by atoms with E-state index in [2.05, 4.69) is 15.5 Å². The lowest BCUT2D eigenvalue weighted by Crippen LogP contribution is -2.28. The molecule has 0 bridgehead atoms. The van der Waals surface area contributed by atoms with Crippen LogP contribution in [0.15, 0.2) is 78.0 Å². The number of benzene rings is 3. The molecule has 0 fully saturated rings. The van der Waals surface area contributed by atoms with E-state index >= 15 is 0 Å².